The fourth-order valence-corrected chi connectivity index (χ4v) is 3.64. The molecule has 0 fully saturated rings. The van der Waals surface area contributed by atoms with Crippen molar-refractivity contribution in [3.05, 3.63) is 81.0 Å². The highest BCUT2D eigenvalue weighted by atomic mass is 19.4. The molecule has 4 nitrogen and oxygen atoms in total. The van der Waals surface area contributed by atoms with E-state index in [0.717, 1.165) is 18.2 Å². The summed E-state index contributed by atoms with van der Waals surface area (Å²) in [5, 5.41) is -0.0546. The fraction of sp³-hybridized carbons (Fsp3) is 0.304. The molecule has 0 radical (unpaired) electrons. The number of nitrogens with one attached hydrogen (secondary N) is 1. The Morgan fingerprint density at radius 2 is 1.58 bits per heavy atom. The number of aromatic nitrogens is 1. The summed E-state index contributed by atoms with van der Waals surface area (Å²) in [5.41, 5.74) is -2.18. The lowest BCUT2D eigenvalue weighted by Crippen LogP contribution is -2.37. The van der Waals surface area contributed by atoms with Gasteiger partial charge in [-0.1, -0.05) is 13.8 Å². The molecule has 0 aliphatic carbocycles. The highest BCUT2D eigenvalue weighted by Gasteiger charge is 2.35. The van der Waals surface area contributed by atoms with Crippen molar-refractivity contribution in [2.24, 2.45) is 5.92 Å². The van der Waals surface area contributed by atoms with Gasteiger partial charge in [0.2, 0.25) is 0 Å². The number of alkyl halides is 3. The Morgan fingerprint density at radius 3 is 2.12 bits per heavy atom. The molecule has 0 saturated carbocycles. The second-order valence-corrected chi connectivity index (χ2v) is 8.10. The van der Waals surface area contributed by atoms with E-state index < -0.39 is 46.7 Å². The number of rotatable bonds is 5. The zero-order valence-electron chi connectivity index (χ0n) is 17.9. The average Bonchev–Trinajstić information content (AvgIpc) is 2.71. The van der Waals surface area contributed by atoms with E-state index in [-0.39, 0.29) is 34.4 Å². The minimum atomic E-state index is -4.91. The minimum Gasteiger partial charge on any atom is -0.332 e. The van der Waals surface area contributed by atoms with Crippen LogP contribution in [0.5, 0.6) is 0 Å². The molecular formula is C23H20F6N2O2. The van der Waals surface area contributed by atoms with Crippen LogP contribution in [0.1, 0.15) is 48.3 Å². The summed E-state index contributed by atoms with van der Waals surface area (Å²) >= 11 is 0. The average molecular weight is 470 g/mol. The number of nitrogens with zero attached hydrogens (tertiary/aromatic N) is 1. The van der Waals surface area contributed by atoms with Gasteiger partial charge in [0.15, 0.2) is 11.6 Å². The van der Waals surface area contributed by atoms with Crippen molar-refractivity contribution >= 4 is 16.7 Å². The Labute approximate surface area is 184 Å². The van der Waals surface area contributed by atoms with Crippen molar-refractivity contribution in [2.45, 2.75) is 33.0 Å². The third-order valence-corrected chi connectivity index (χ3v) is 5.24. The lowest BCUT2D eigenvalue weighted by molar-refractivity contribution is -0.140. The van der Waals surface area contributed by atoms with Crippen molar-refractivity contribution < 1.29 is 31.1 Å². The van der Waals surface area contributed by atoms with E-state index in [1.54, 1.807) is 20.8 Å². The number of halogens is 6. The molecule has 0 bridgehead atoms. The first-order valence-electron chi connectivity index (χ1n) is 9.99. The van der Waals surface area contributed by atoms with Crippen molar-refractivity contribution in [2.75, 3.05) is 6.54 Å². The first-order chi connectivity index (χ1) is 15.3. The van der Waals surface area contributed by atoms with Crippen LogP contribution in [0, 0.1) is 23.4 Å². The van der Waals surface area contributed by atoms with Gasteiger partial charge >= 0.3 is 6.18 Å². The van der Waals surface area contributed by atoms with Gasteiger partial charge in [-0.25, -0.2) is 13.2 Å². The number of hydrogen-bond donors (Lipinski definition) is 1. The molecule has 0 saturated heterocycles. The van der Waals surface area contributed by atoms with Gasteiger partial charge in [0.05, 0.1) is 17.0 Å². The Morgan fingerprint density at radius 1 is 0.970 bits per heavy atom. The molecule has 1 N–H and O–H groups in total. The van der Waals surface area contributed by atoms with Crippen LogP contribution in [0.15, 0.2) is 41.3 Å². The minimum absolute atomic E-state index is 0.0744. The Bertz CT molecular complexity index is 1270. The third-order valence-electron chi connectivity index (χ3n) is 5.24. The summed E-state index contributed by atoms with van der Waals surface area (Å²) in [5.74, 6) is -4.84. The molecule has 3 aromatic rings. The highest BCUT2D eigenvalue weighted by molar-refractivity contribution is 5.95. The van der Waals surface area contributed by atoms with Crippen LogP contribution in [0.25, 0.3) is 10.8 Å². The van der Waals surface area contributed by atoms with Crippen molar-refractivity contribution in [3.63, 3.8) is 0 Å². The predicted molar refractivity (Wildman–Crippen MR) is 110 cm³/mol. The summed E-state index contributed by atoms with van der Waals surface area (Å²) in [4.78, 5) is 29.0. The molecule has 0 unspecified atom stereocenters. The molecule has 0 aliphatic rings. The topological polar surface area (TPSA) is 53.2 Å². The molecule has 0 spiro atoms. The molecule has 0 aliphatic heterocycles. The van der Waals surface area contributed by atoms with E-state index in [2.05, 4.69) is 4.98 Å². The second-order valence-electron chi connectivity index (χ2n) is 8.10. The summed E-state index contributed by atoms with van der Waals surface area (Å²) in [7, 11) is 0. The third kappa shape index (κ3) is 4.89. The summed E-state index contributed by atoms with van der Waals surface area (Å²) < 4.78 is 80.4. The molecule has 10 heteroatoms. The van der Waals surface area contributed by atoms with Gasteiger partial charge in [0, 0.05) is 18.3 Å². The van der Waals surface area contributed by atoms with Crippen LogP contribution in [-0.2, 0) is 6.18 Å². The van der Waals surface area contributed by atoms with Crippen LogP contribution >= 0.6 is 0 Å². The number of fused-ring (bicyclic) bond motifs is 1. The summed E-state index contributed by atoms with van der Waals surface area (Å²) in [6.45, 7) is 5.27. The Kier molecular flexibility index (Phi) is 6.58. The van der Waals surface area contributed by atoms with E-state index >= 15 is 0 Å². The molecule has 1 amide bonds. The maximum Gasteiger partial charge on any atom is 0.419 e. The van der Waals surface area contributed by atoms with Crippen LogP contribution in [0.4, 0.5) is 26.3 Å². The molecule has 1 aromatic heterocycles. The monoisotopic (exact) mass is 470 g/mol. The zero-order valence-corrected chi connectivity index (χ0v) is 17.9. The molecular weight excluding hydrogens is 450 g/mol. The van der Waals surface area contributed by atoms with E-state index in [9.17, 15) is 35.9 Å². The molecule has 33 heavy (non-hydrogen) atoms. The molecule has 2 aromatic carbocycles. The lowest BCUT2D eigenvalue weighted by atomic mass is 9.99. The maximum atomic E-state index is 14.1. The van der Waals surface area contributed by atoms with E-state index in [0.29, 0.717) is 12.1 Å². The number of benzene rings is 2. The number of pyridine rings is 1. The number of hydrogen-bond acceptors (Lipinski definition) is 2. The van der Waals surface area contributed by atoms with Gasteiger partial charge in [-0.2, -0.15) is 13.2 Å². The molecule has 1 atom stereocenters. The van der Waals surface area contributed by atoms with Crippen molar-refractivity contribution in [1.82, 2.24) is 9.88 Å². The van der Waals surface area contributed by atoms with E-state index in [1.165, 1.54) is 11.1 Å². The van der Waals surface area contributed by atoms with Crippen molar-refractivity contribution in [1.29, 1.82) is 0 Å². The number of H-pyrrole nitrogens is 1. The van der Waals surface area contributed by atoms with Crippen LogP contribution in [0.2, 0.25) is 0 Å². The molecule has 3 rings (SSSR count). The van der Waals surface area contributed by atoms with Crippen molar-refractivity contribution in [3.8, 4) is 0 Å². The van der Waals surface area contributed by atoms with Crippen LogP contribution < -0.4 is 5.56 Å². The number of carbonyl (C=O) groups excluding carboxylic acids is 1. The lowest BCUT2D eigenvalue weighted by Gasteiger charge is -2.32. The highest BCUT2D eigenvalue weighted by Crippen LogP contribution is 2.33. The summed E-state index contributed by atoms with van der Waals surface area (Å²) in [6, 6.07) is 2.67. The van der Waals surface area contributed by atoms with Gasteiger partial charge in [-0.3, -0.25) is 9.59 Å². The molecule has 176 valence electrons. The fourth-order valence-electron chi connectivity index (χ4n) is 3.64. The van der Waals surface area contributed by atoms with E-state index in [4.69, 9.17) is 0 Å². The Balaban J connectivity index is 2.10. The van der Waals surface area contributed by atoms with Gasteiger partial charge in [-0.05, 0) is 54.1 Å². The predicted octanol–water partition coefficient (Wildman–Crippen LogP) is 5.82. The standard InChI is InChI=1S/C23H20F6N2O2/c1-11(2)10-31(22(33)13-4-5-17(18(24)6-13)23(27,28)29)12(3)16-9-30-21(32)15-8-20(26)19(25)7-14(15)16/h4-9,11-12H,10H2,1-3H3,(H,30,32)/t12-/m0/s1. The van der Waals surface area contributed by atoms with Gasteiger partial charge < -0.3 is 9.88 Å². The second kappa shape index (κ2) is 8.92. The molecule has 1 heterocycles. The number of carbonyl (C=O) groups is 1. The normalized spacial score (nSPS) is 12.9. The smallest absolute Gasteiger partial charge is 0.332 e. The van der Waals surface area contributed by atoms with E-state index in [1.807, 2.05) is 0 Å². The SMILES string of the molecule is CC(C)CN(C(=O)c1ccc(C(F)(F)F)c(F)c1)[C@@H](C)c1c[nH]c(=O)c2cc(F)c(F)cc12. The maximum absolute atomic E-state index is 14.1. The van der Waals surface area contributed by atoms with Gasteiger partial charge in [0.1, 0.15) is 5.82 Å². The van der Waals surface area contributed by atoms with Crippen LogP contribution in [0.3, 0.4) is 0 Å². The first-order valence-corrected chi connectivity index (χ1v) is 9.99. The first kappa shape index (κ1) is 24.3. The number of aromatic amines is 1. The quantitative estimate of drug-likeness (QED) is 0.478. The van der Waals surface area contributed by atoms with Gasteiger partial charge in [-0.15, -0.1) is 0 Å². The summed E-state index contributed by atoms with van der Waals surface area (Å²) in [6.07, 6.45) is -3.65. The zero-order chi connectivity index (χ0) is 24.7. The number of amides is 1. The largest absolute Gasteiger partial charge is 0.419 e. The van der Waals surface area contributed by atoms with Gasteiger partial charge in [0.25, 0.3) is 11.5 Å². The Hall–Kier alpha value is -3.30. The van der Waals surface area contributed by atoms with Crippen LogP contribution in [-0.4, -0.2) is 22.3 Å².